The summed E-state index contributed by atoms with van der Waals surface area (Å²) >= 11 is 0. The van der Waals surface area contributed by atoms with Crippen LogP contribution in [0.4, 0.5) is 0 Å². The minimum absolute atomic E-state index is 0.436. The van der Waals surface area contributed by atoms with Gasteiger partial charge in [0.25, 0.3) is 0 Å². The predicted octanol–water partition coefficient (Wildman–Crippen LogP) is 4.08. The van der Waals surface area contributed by atoms with Gasteiger partial charge in [0.1, 0.15) is 0 Å². The molecule has 1 saturated heterocycles. The highest BCUT2D eigenvalue weighted by atomic mass is 15.1. The number of likely N-dealkylation sites (tertiary alicyclic amines) is 1. The second-order valence-electron chi connectivity index (χ2n) is 7.50. The number of likely N-dealkylation sites (N-methyl/N-ethyl adjacent to an activating group) is 1. The monoisotopic (exact) mass is 288 g/mol. The van der Waals surface area contributed by atoms with E-state index in [1.807, 2.05) is 0 Å². The Labute approximate surface area is 130 Å². The van der Waals surface area contributed by atoms with Crippen molar-refractivity contribution in [1.29, 1.82) is 0 Å². The van der Waals surface area contributed by atoms with Crippen LogP contribution in [0.3, 0.4) is 0 Å². The maximum Gasteiger partial charge on any atom is 0.0446 e. The summed E-state index contributed by atoms with van der Waals surface area (Å²) < 4.78 is 0. The van der Waals surface area contributed by atoms with E-state index in [9.17, 15) is 0 Å². The van der Waals surface area contributed by atoms with Crippen LogP contribution in [0.1, 0.15) is 55.8 Å². The lowest BCUT2D eigenvalue weighted by Crippen LogP contribution is -2.35. The summed E-state index contributed by atoms with van der Waals surface area (Å²) in [5.41, 5.74) is 4.71. The van der Waals surface area contributed by atoms with Gasteiger partial charge >= 0.3 is 0 Å². The van der Waals surface area contributed by atoms with Crippen LogP contribution in [0.2, 0.25) is 0 Å². The Hall–Kier alpha value is -0.860. The van der Waals surface area contributed by atoms with Crippen molar-refractivity contribution in [3.05, 3.63) is 34.9 Å². The SMILES string of the molecule is CNC(CN1CCCC(C)(C)CC1)c1ccc(C)c(C)c1. The molecule has 1 unspecified atom stereocenters. The molecule has 1 N–H and O–H groups in total. The Bertz CT molecular complexity index is 465. The maximum atomic E-state index is 3.51. The summed E-state index contributed by atoms with van der Waals surface area (Å²) in [5, 5.41) is 3.51. The molecule has 0 aliphatic carbocycles. The lowest BCUT2D eigenvalue weighted by atomic mass is 9.85. The third-order valence-electron chi connectivity index (χ3n) is 5.16. The second kappa shape index (κ2) is 6.93. The van der Waals surface area contributed by atoms with Crippen LogP contribution in [0.25, 0.3) is 0 Å². The molecule has 0 radical (unpaired) electrons. The van der Waals surface area contributed by atoms with Crippen LogP contribution in [-0.2, 0) is 0 Å². The summed E-state index contributed by atoms with van der Waals surface area (Å²) in [6, 6.07) is 7.31. The van der Waals surface area contributed by atoms with Gasteiger partial charge in [-0.15, -0.1) is 0 Å². The normalized spacial score (nSPS) is 21.0. The fourth-order valence-corrected chi connectivity index (χ4v) is 3.26. The predicted molar refractivity (Wildman–Crippen MR) is 91.8 cm³/mol. The van der Waals surface area contributed by atoms with E-state index in [1.54, 1.807) is 0 Å². The first kappa shape index (κ1) is 16.5. The highest BCUT2D eigenvalue weighted by Crippen LogP contribution is 2.30. The van der Waals surface area contributed by atoms with Crippen LogP contribution in [-0.4, -0.2) is 31.6 Å². The molecule has 2 rings (SSSR count). The van der Waals surface area contributed by atoms with Crippen LogP contribution in [0, 0.1) is 19.3 Å². The molecule has 1 aromatic carbocycles. The number of nitrogens with one attached hydrogen (secondary N) is 1. The van der Waals surface area contributed by atoms with Crippen LogP contribution in [0.5, 0.6) is 0 Å². The van der Waals surface area contributed by atoms with E-state index in [0.29, 0.717) is 11.5 Å². The number of hydrogen-bond donors (Lipinski definition) is 1. The average Bonchev–Trinajstić information content (AvgIpc) is 2.60. The zero-order chi connectivity index (χ0) is 15.5. The topological polar surface area (TPSA) is 15.3 Å². The van der Waals surface area contributed by atoms with Gasteiger partial charge in [0.15, 0.2) is 0 Å². The minimum Gasteiger partial charge on any atom is -0.312 e. The quantitative estimate of drug-likeness (QED) is 0.898. The summed E-state index contributed by atoms with van der Waals surface area (Å²) in [6.07, 6.45) is 4.00. The summed E-state index contributed by atoms with van der Waals surface area (Å²) in [5.74, 6) is 0. The number of hydrogen-bond acceptors (Lipinski definition) is 2. The van der Waals surface area contributed by atoms with Gasteiger partial charge in [-0.05, 0) is 75.4 Å². The van der Waals surface area contributed by atoms with E-state index < -0.39 is 0 Å². The van der Waals surface area contributed by atoms with E-state index in [0.717, 1.165) is 6.54 Å². The van der Waals surface area contributed by atoms with Crippen molar-refractivity contribution < 1.29 is 0 Å². The second-order valence-corrected chi connectivity index (χ2v) is 7.50. The molecule has 0 spiro atoms. The van der Waals surface area contributed by atoms with E-state index in [4.69, 9.17) is 0 Å². The molecule has 2 nitrogen and oxygen atoms in total. The molecule has 0 aromatic heterocycles. The summed E-state index contributed by atoms with van der Waals surface area (Å²) in [7, 11) is 2.08. The van der Waals surface area contributed by atoms with E-state index in [1.165, 1.54) is 49.0 Å². The van der Waals surface area contributed by atoms with E-state index in [2.05, 4.69) is 63.2 Å². The zero-order valence-electron chi connectivity index (χ0n) is 14.5. The fraction of sp³-hybridized carbons (Fsp3) is 0.684. The Morgan fingerprint density at radius 2 is 1.90 bits per heavy atom. The van der Waals surface area contributed by atoms with E-state index in [-0.39, 0.29) is 0 Å². The first-order chi connectivity index (χ1) is 9.91. The lowest BCUT2D eigenvalue weighted by molar-refractivity contribution is 0.240. The Balaban J connectivity index is 2.03. The third-order valence-corrected chi connectivity index (χ3v) is 5.16. The maximum absolute atomic E-state index is 3.51. The number of benzene rings is 1. The molecule has 1 aliphatic heterocycles. The third kappa shape index (κ3) is 4.55. The summed E-state index contributed by atoms with van der Waals surface area (Å²) in [4.78, 5) is 2.64. The highest BCUT2D eigenvalue weighted by Gasteiger charge is 2.24. The molecular formula is C19H32N2. The van der Waals surface area contributed by atoms with Crippen LogP contribution in [0.15, 0.2) is 18.2 Å². The standard InChI is InChI=1S/C19H32N2/c1-15-7-8-17(13-16(15)2)18(20-5)14-21-11-6-9-19(3,4)10-12-21/h7-8,13,18,20H,6,9-12,14H2,1-5H3. The van der Waals surface area contributed by atoms with Crippen LogP contribution < -0.4 is 5.32 Å². The molecule has 0 bridgehead atoms. The van der Waals surface area contributed by atoms with Crippen molar-refractivity contribution in [3.63, 3.8) is 0 Å². The molecular weight excluding hydrogens is 256 g/mol. The van der Waals surface area contributed by atoms with E-state index >= 15 is 0 Å². The van der Waals surface area contributed by atoms with Gasteiger partial charge in [-0.1, -0.05) is 32.0 Å². The zero-order valence-corrected chi connectivity index (χ0v) is 14.5. The largest absolute Gasteiger partial charge is 0.312 e. The smallest absolute Gasteiger partial charge is 0.0446 e. The highest BCUT2D eigenvalue weighted by molar-refractivity contribution is 5.31. The molecule has 0 amide bonds. The van der Waals surface area contributed by atoms with Gasteiger partial charge in [-0.3, -0.25) is 0 Å². The first-order valence-corrected chi connectivity index (χ1v) is 8.38. The van der Waals surface area contributed by atoms with Crippen molar-refractivity contribution in [2.75, 3.05) is 26.7 Å². The molecule has 1 heterocycles. The van der Waals surface area contributed by atoms with Crippen molar-refractivity contribution in [1.82, 2.24) is 10.2 Å². The number of aryl methyl sites for hydroxylation is 2. The Morgan fingerprint density at radius 3 is 2.57 bits per heavy atom. The van der Waals surface area contributed by atoms with Crippen molar-refractivity contribution in [3.8, 4) is 0 Å². The molecule has 21 heavy (non-hydrogen) atoms. The minimum atomic E-state index is 0.436. The van der Waals surface area contributed by atoms with Gasteiger partial charge in [-0.25, -0.2) is 0 Å². The Morgan fingerprint density at radius 1 is 1.14 bits per heavy atom. The molecule has 1 atom stereocenters. The van der Waals surface area contributed by atoms with Gasteiger partial charge in [0.05, 0.1) is 0 Å². The fourth-order valence-electron chi connectivity index (χ4n) is 3.26. The van der Waals surface area contributed by atoms with Gasteiger partial charge in [0.2, 0.25) is 0 Å². The molecule has 1 aromatic rings. The molecule has 2 heteroatoms. The molecule has 1 aliphatic rings. The number of nitrogens with zero attached hydrogens (tertiary/aromatic N) is 1. The van der Waals surface area contributed by atoms with Crippen LogP contribution >= 0.6 is 0 Å². The van der Waals surface area contributed by atoms with Crippen molar-refractivity contribution in [2.24, 2.45) is 5.41 Å². The van der Waals surface area contributed by atoms with Gasteiger partial charge in [0, 0.05) is 12.6 Å². The van der Waals surface area contributed by atoms with Gasteiger partial charge < -0.3 is 10.2 Å². The van der Waals surface area contributed by atoms with Crippen molar-refractivity contribution in [2.45, 2.75) is 53.0 Å². The van der Waals surface area contributed by atoms with Crippen molar-refractivity contribution >= 4 is 0 Å². The molecule has 1 fully saturated rings. The molecule has 118 valence electrons. The van der Waals surface area contributed by atoms with Gasteiger partial charge in [-0.2, -0.15) is 0 Å². The Kier molecular flexibility index (Phi) is 5.45. The average molecular weight is 288 g/mol. The summed E-state index contributed by atoms with van der Waals surface area (Å²) in [6.45, 7) is 12.8. The lowest BCUT2D eigenvalue weighted by Gasteiger charge is -2.27. The molecule has 0 saturated carbocycles. The number of rotatable bonds is 4. The first-order valence-electron chi connectivity index (χ1n) is 8.38.